The van der Waals surface area contributed by atoms with Crippen molar-refractivity contribution in [1.29, 1.82) is 0 Å². The lowest BCUT2D eigenvalue weighted by molar-refractivity contribution is -0.147. The number of aliphatic carboxylic acids is 1. The second-order valence-corrected chi connectivity index (χ2v) is 5.14. The van der Waals surface area contributed by atoms with Crippen LogP contribution in [0.2, 0.25) is 0 Å². The molecule has 130 valence electrons. The van der Waals surface area contributed by atoms with Gasteiger partial charge in [0.05, 0.1) is 12.1 Å². The lowest BCUT2D eigenvalue weighted by atomic mass is 10.2. The molecule has 0 radical (unpaired) electrons. The third kappa shape index (κ3) is 4.18. The van der Waals surface area contributed by atoms with Crippen LogP contribution in [0.1, 0.15) is 23.2 Å². The minimum Gasteiger partial charge on any atom is -0.480 e. The summed E-state index contributed by atoms with van der Waals surface area (Å²) in [7, 11) is 0. The summed E-state index contributed by atoms with van der Waals surface area (Å²) in [4.78, 5) is 36.4. The zero-order valence-corrected chi connectivity index (χ0v) is 12.6. The molecule has 1 aromatic carbocycles. The van der Waals surface area contributed by atoms with Crippen molar-refractivity contribution in [3.8, 4) is 5.75 Å². The van der Waals surface area contributed by atoms with E-state index in [-0.39, 0.29) is 11.3 Å². The van der Waals surface area contributed by atoms with Crippen LogP contribution in [-0.4, -0.2) is 53.5 Å². The van der Waals surface area contributed by atoms with Gasteiger partial charge in [0.25, 0.3) is 5.91 Å². The van der Waals surface area contributed by atoms with E-state index < -0.39 is 37.0 Å². The Labute approximate surface area is 136 Å². The van der Waals surface area contributed by atoms with E-state index in [9.17, 15) is 23.2 Å². The molecule has 0 unspecified atom stereocenters. The summed E-state index contributed by atoms with van der Waals surface area (Å²) in [6, 6.07) is 4.50. The average molecular weight is 342 g/mol. The molecule has 2 amide bonds. The molecule has 1 aliphatic rings. The first-order chi connectivity index (χ1) is 11.4. The summed E-state index contributed by atoms with van der Waals surface area (Å²) in [5.41, 5.74) is -0.137. The van der Waals surface area contributed by atoms with Crippen LogP contribution in [-0.2, 0) is 9.59 Å². The minimum absolute atomic E-state index is 0.137. The monoisotopic (exact) mass is 342 g/mol. The Kier molecular flexibility index (Phi) is 5.67. The van der Waals surface area contributed by atoms with Crippen molar-refractivity contribution < 1.29 is 33.0 Å². The van der Waals surface area contributed by atoms with Gasteiger partial charge in [0.15, 0.2) is 0 Å². The molecule has 0 bridgehead atoms. The molecule has 1 heterocycles. The summed E-state index contributed by atoms with van der Waals surface area (Å²) < 4.78 is 28.9. The Hall–Kier alpha value is -2.71. The van der Waals surface area contributed by atoms with Crippen LogP contribution in [0.3, 0.4) is 0 Å². The third-order valence-corrected chi connectivity index (χ3v) is 3.61. The zero-order valence-electron chi connectivity index (χ0n) is 12.6. The Morgan fingerprint density at radius 3 is 2.71 bits per heavy atom. The minimum atomic E-state index is -3.08. The van der Waals surface area contributed by atoms with Gasteiger partial charge in [-0.05, 0) is 25.0 Å². The molecule has 9 heteroatoms. The highest BCUT2D eigenvalue weighted by molar-refractivity contribution is 5.99. The molecule has 1 saturated heterocycles. The first-order valence-corrected chi connectivity index (χ1v) is 7.24. The first-order valence-electron chi connectivity index (χ1n) is 7.24. The van der Waals surface area contributed by atoms with Crippen molar-refractivity contribution in [1.82, 2.24) is 10.2 Å². The van der Waals surface area contributed by atoms with Crippen LogP contribution in [0.15, 0.2) is 24.3 Å². The average Bonchev–Trinajstić information content (AvgIpc) is 3.02. The second-order valence-electron chi connectivity index (χ2n) is 5.14. The normalized spacial score (nSPS) is 17.0. The predicted molar refractivity (Wildman–Crippen MR) is 77.8 cm³/mol. The highest BCUT2D eigenvalue weighted by Crippen LogP contribution is 2.20. The van der Waals surface area contributed by atoms with Gasteiger partial charge >= 0.3 is 12.6 Å². The number of halogens is 2. The zero-order chi connectivity index (χ0) is 17.7. The van der Waals surface area contributed by atoms with E-state index in [1.54, 1.807) is 0 Å². The quantitative estimate of drug-likeness (QED) is 0.807. The topological polar surface area (TPSA) is 95.9 Å². The van der Waals surface area contributed by atoms with E-state index in [2.05, 4.69) is 10.1 Å². The van der Waals surface area contributed by atoms with Crippen molar-refractivity contribution in [2.24, 2.45) is 0 Å². The van der Waals surface area contributed by atoms with E-state index in [1.807, 2.05) is 0 Å². The number of carboxylic acids is 1. The summed E-state index contributed by atoms with van der Waals surface area (Å²) in [6.07, 6.45) is 0.932. The fourth-order valence-electron chi connectivity index (χ4n) is 2.53. The summed E-state index contributed by atoms with van der Waals surface area (Å²) >= 11 is 0. The van der Waals surface area contributed by atoms with Crippen LogP contribution in [0.4, 0.5) is 8.78 Å². The Morgan fingerprint density at radius 1 is 1.33 bits per heavy atom. The highest BCUT2D eigenvalue weighted by Gasteiger charge is 2.33. The van der Waals surface area contributed by atoms with E-state index in [0.717, 1.165) is 0 Å². The van der Waals surface area contributed by atoms with Gasteiger partial charge in [-0.15, -0.1) is 0 Å². The smallest absolute Gasteiger partial charge is 0.387 e. The molecule has 0 aliphatic carbocycles. The van der Waals surface area contributed by atoms with Crippen molar-refractivity contribution in [2.75, 3.05) is 13.1 Å². The van der Waals surface area contributed by atoms with Gasteiger partial charge < -0.3 is 20.1 Å². The van der Waals surface area contributed by atoms with Crippen molar-refractivity contribution in [3.63, 3.8) is 0 Å². The molecule has 1 aromatic rings. The SMILES string of the molecule is O=C(NCC(=O)N1CCC[C@@H]1C(=O)O)c1ccccc1OC(F)F. The van der Waals surface area contributed by atoms with Crippen LogP contribution in [0, 0.1) is 0 Å². The van der Waals surface area contributed by atoms with Crippen LogP contribution in [0.25, 0.3) is 0 Å². The number of nitrogens with one attached hydrogen (secondary N) is 1. The molecule has 1 fully saturated rings. The molecular formula is C15H16F2N2O5. The molecule has 7 nitrogen and oxygen atoms in total. The molecular weight excluding hydrogens is 326 g/mol. The number of rotatable bonds is 6. The van der Waals surface area contributed by atoms with E-state index >= 15 is 0 Å². The molecule has 0 aromatic heterocycles. The van der Waals surface area contributed by atoms with Crippen molar-refractivity contribution in [2.45, 2.75) is 25.5 Å². The van der Waals surface area contributed by atoms with E-state index in [0.29, 0.717) is 19.4 Å². The number of hydrogen-bond donors (Lipinski definition) is 2. The Balaban J connectivity index is 1.98. The largest absolute Gasteiger partial charge is 0.480 e. The molecule has 2 rings (SSSR count). The predicted octanol–water partition coefficient (Wildman–Crippen LogP) is 1.09. The number of nitrogens with zero attached hydrogens (tertiary/aromatic N) is 1. The van der Waals surface area contributed by atoms with Gasteiger partial charge in [-0.25, -0.2) is 4.79 Å². The van der Waals surface area contributed by atoms with Gasteiger partial charge in [0.1, 0.15) is 11.8 Å². The maximum Gasteiger partial charge on any atom is 0.387 e. The molecule has 24 heavy (non-hydrogen) atoms. The van der Waals surface area contributed by atoms with Crippen LogP contribution >= 0.6 is 0 Å². The third-order valence-electron chi connectivity index (χ3n) is 3.61. The summed E-state index contributed by atoms with van der Waals surface area (Å²) in [5.74, 6) is -2.70. The number of hydrogen-bond acceptors (Lipinski definition) is 4. The summed E-state index contributed by atoms with van der Waals surface area (Å²) in [6.45, 7) is -3.20. The number of carboxylic acid groups (broad SMARTS) is 1. The Morgan fingerprint density at radius 2 is 2.04 bits per heavy atom. The van der Waals surface area contributed by atoms with Crippen LogP contribution < -0.4 is 10.1 Å². The second kappa shape index (κ2) is 7.71. The number of benzene rings is 1. The lowest BCUT2D eigenvalue weighted by Gasteiger charge is -2.21. The van der Waals surface area contributed by atoms with Gasteiger partial charge in [-0.1, -0.05) is 12.1 Å². The molecule has 2 N–H and O–H groups in total. The number of carbonyl (C=O) groups excluding carboxylic acids is 2. The number of ether oxygens (including phenoxy) is 1. The van der Waals surface area contributed by atoms with Crippen molar-refractivity contribution >= 4 is 17.8 Å². The number of para-hydroxylation sites is 1. The first kappa shape index (κ1) is 17.6. The summed E-state index contributed by atoms with van der Waals surface area (Å²) in [5, 5.41) is 11.3. The maximum atomic E-state index is 12.3. The van der Waals surface area contributed by atoms with Crippen molar-refractivity contribution in [3.05, 3.63) is 29.8 Å². The lowest BCUT2D eigenvalue weighted by Crippen LogP contribution is -2.45. The number of amides is 2. The molecule has 1 aliphatic heterocycles. The number of alkyl halides is 2. The fraction of sp³-hybridized carbons (Fsp3) is 0.400. The fourth-order valence-corrected chi connectivity index (χ4v) is 2.53. The molecule has 0 saturated carbocycles. The van der Waals surface area contributed by atoms with Gasteiger partial charge in [-0.2, -0.15) is 8.78 Å². The standard InChI is InChI=1S/C15H16F2N2O5/c16-15(17)24-11-6-2-1-4-9(11)13(21)18-8-12(20)19-7-3-5-10(19)14(22)23/h1-2,4,6,10,15H,3,5,7-8H2,(H,18,21)(H,22,23)/t10-/m1/s1. The van der Waals surface area contributed by atoms with E-state index in [4.69, 9.17) is 5.11 Å². The van der Waals surface area contributed by atoms with E-state index in [1.165, 1.54) is 29.2 Å². The van der Waals surface area contributed by atoms with Gasteiger partial charge in [0.2, 0.25) is 5.91 Å². The van der Waals surface area contributed by atoms with Gasteiger partial charge in [-0.3, -0.25) is 9.59 Å². The Bertz CT molecular complexity index is 638. The van der Waals surface area contributed by atoms with Crippen LogP contribution in [0.5, 0.6) is 5.75 Å². The molecule has 0 spiro atoms. The van der Waals surface area contributed by atoms with Gasteiger partial charge in [0, 0.05) is 6.54 Å². The maximum absolute atomic E-state index is 12.3. The highest BCUT2D eigenvalue weighted by atomic mass is 19.3. The number of carbonyl (C=O) groups is 3. The molecule has 1 atom stereocenters. The number of likely N-dealkylation sites (tertiary alicyclic amines) is 1.